The van der Waals surface area contributed by atoms with Crippen LogP contribution >= 0.6 is 0 Å². The van der Waals surface area contributed by atoms with Crippen LogP contribution in [0.15, 0.2) is 24.3 Å². The van der Waals surface area contributed by atoms with E-state index in [2.05, 4.69) is 0 Å². The van der Waals surface area contributed by atoms with Crippen molar-refractivity contribution in [2.24, 2.45) is 0 Å². The zero-order chi connectivity index (χ0) is 12.2. The number of sulfone groups is 1. The fraction of sp³-hybridized carbons (Fsp3) is 0.364. The number of hydrogen-bond donors (Lipinski definition) is 1. The van der Waals surface area contributed by atoms with Crippen molar-refractivity contribution >= 4 is 15.8 Å². The fourth-order valence-electron chi connectivity index (χ4n) is 1.47. The highest BCUT2D eigenvalue weighted by Gasteiger charge is 2.16. The molecule has 0 atom stereocenters. The molecular formula is C11H14O4S. The molecule has 0 aliphatic carbocycles. The first-order chi connectivity index (χ1) is 7.46. The van der Waals surface area contributed by atoms with E-state index in [0.717, 1.165) is 0 Å². The summed E-state index contributed by atoms with van der Waals surface area (Å²) in [5.74, 6) is -1.22. The van der Waals surface area contributed by atoms with Crippen molar-refractivity contribution in [3.05, 3.63) is 35.4 Å². The molecule has 0 heterocycles. The standard InChI is InChI=1S/C11H14O4S/c1-2-7-16(14,15)8-9-5-3-4-6-10(9)11(12)13/h3-6H,2,7-8H2,1H3,(H,12,13). The summed E-state index contributed by atoms with van der Waals surface area (Å²) in [7, 11) is -3.20. The number of rotatable bonds is 5. The Morgan fingerprint density at radius 2 is 1.94 bits per heavy atom. The summed E-state index contributed by atoms with van der Waals surface area (Å²) in [6.45, 7) is 1.78. The van der Waals surface area contributed by atoms with E-state index in [-0.39, 0.29) is 17.1 Å². The van der Waals surface area contributed by atoms with Crippen LogP contribution in [0.3, 0.4) is 0 Å². The number of carboxylic acids is 1. The van der Waals surface area contributed by atoms with E-state index in [4.69, 9.17) is 5.11 Å². The molecule has 0 radical (unpaired) electrons. The summed E-state index contributed by atoms with van der Waals surface area (Å²) in [4.78, 5) is 10.9. The molecule has 5 heteroatoms. The highest BCUT2D eigenvalue weighted by molar-refractivity contribution is 7.90. The molecule has 88 valence electrons. The molecule has 0 aliphatic rings. The zero-order valence-corrected chi connectivity index (χ0v) is 9.83. The monoisotopic (exact) mass is 242 g/mol. The van der Waals surface area contributed by atoms with Gasteiger partial charge in [0.1, 0.15) is 0 Å². The summed E-state index contributed by atoms with van der Waals surface area (Å²) in [6.07, 6.45) is 0.539. The van der Waals surface area contributed by atoms with Gasteiger partial charge in [-0.25, -0.2) is 13.2 Å². The second-order valence-electron chi connectivity index (χ2n) is 3.55. The topological polar surface area (TPSA) is 71.4 Å². The van der Waals surface area contributed by atoms with E-state index in [9.17, 15) is 13.2 Å². The minimum absolute atomic E-state index is 0.0576. The second kappa shape index (κ2) is 5.12. The van der Waals surface area contributed by atoms with Gasteiger partial charge in [0.25, 0.3) is 0 Å². The van der Waals surface area contributed by atoms with Crippen LogP contribution in [0.5, 0.6) is 0 Å². The molecule has 0 spiro atoms. The minimum atomic E-state index is -3.20. The van der Waals surface area contributed by atoms with Crippen LogP contribution in [0.2, 0.25) is 0 Å². The molecule has 4 nitrogen and oxygen atoms in total. The van der Waals surface area contributed by atoms with Crippen LogP contribution in [0.4, 0.5) is 0 Å². The molecule has 0 amide bonds. The summed E-state index contributed by atoms with van der Waals surface area (Å²) < 4.78 is 23.2. The predicted octanol–water partition coefficient (Wildman–Crippen LogP) is 1.71. The van der Waals surface area contributed by atoms with E-state index in [1.54, 1.807) is 19.1 Å². The Morgan fingerprint density at radius 1 is 1.31 bits per heavy atom. The van der Waals surface area contributed by atoms with Gasteiger partial charge in [-0.05, 0) is 18.1 Å². The Bertz CT molecular complexity index is 477. The molecule has 0 aromatic heterocycles. The Kier molecular flexibility index (Phi) is 4.06. The lowest BCUT2D eigenvalue weighted by Crippen LogP contribution is -2.12. The van der Waals surface area contributed by atoms with Gasteiger partial charge in [-0.1, -0.05) is 25.1 Å². The molecule has 0 bridgehead atoms. The first kappa shape index (κ1) is 12.7. The SMILES string of the molecule is CCCS(=O)(=O)Cc1ccccc1C(=O)O. The van der Waals surface area contributed by atoms with Crippen LogP contribution in [0.1, 0.15) is 29.3 Å². The van der Waals surface area contributed by atoms with E-state index in [1.165, 1.54) is 12.1 Å². The maximum Gasteiger partial charge on any atom is 0.335 e. The second-order valence-corrected chi connectivity index (χ2v) is 5.74. The summed E-state index contributed by atoms with van der Waals surface area (Å²) >= 11 is 0. The number of carboxylic acid groups (broad SMARTS) is 1. The molecule has 0 aliphatic heterocycles. The third kappa shape index (κ3) is 3.34. The molecule has 1 N–H and O–H groups in total. The van der Waals surface area contributed by atoms with Gasteiger partial charge in [-0.2, -0.15) is 0 Å². The first-order valence-electron chi connectivity index (χ1n) is 4.98. The molecular weight excluding hydrogens is 228 g/mol. The third-order valence-corrected chi connectivity index (χ3v) is 3.92. The third-order valence-electron chi connectivity index (χ3n) is 2.14. The molecule has 16 heavy (non-hydrogen) atoms. The maximum absolute atomic E-state index is 11.6. The average Bonchev–Trinajstić information content (AvgIpc) is 2.17. The van der Waals surface area contributed by atoms with Crippen LogP contribution in [0, 0.1) is 0 Å². The van der Waals surface area contributed by atoms with Crippen molar-refractivity contribution < 1.29 is 18.3 Å². The predicted molar refractivity (Wildman–Crippen MR) is 61.2 cm³/mol. The van der Waals surface area contributed by atoms with E-state index < -0.39 is 15.8 Å². The maximum atomic E-state index is 11.6. The van der Waals surface area contributed by atoms with Gasteiger partial charge in [0.2, 0.25) is 0 Å². The van der Waals surface area contributed by atoms with Gasteiger partial charge < -0.3 is 5.11 Å². The summed E-state index contributed by atoms with van der Waals surface area (Å²) in [5, 5.41) is 8.90. The van der Waals surface area contributed by atoms with E-state index in [1.807, 2.05) is 0 Å². The van der Waals surface area contributed by atoms with Gasteiger partial charge in [-0.3, -0.25) is 0 Å². The van der Waals surface area contributed by atoms with E-state index in [0.29, 0.717) is 12.0 Å². The smallest absolute Gasteiger partial charge is 0.335 e. The molecule has 1 rings (SSSR count). The van der Waals surface area contributed by atoms with Gasteiger partial charge in [-0.15, -0.1) is 0 Å². The lowest BCUT2D eigenvalue weighted by molar-refractivity contribution is 0.0696. The summed E-state index contributed by atoms with van der Waals surface area (Å²) in [6, 6.07) is 6.18. The highest BCUT2D eigenvalue weighted by Crippen LogP contribution is 2.13. The highest BCUT2D eigenvalue weighted by atomic mass is 32.2. The normalized spacial score (nSPS) is 11.3. The zero-order valence-electron chi connectivity index (χ0n) is 9.01. The average molecular weight is 242 g/mol. The Hall–Kier alpha value is -1.36. The van der Waals surface area contributed by atoms with Crippen molar-refractivity contribution in [1.29, 1.82) is 0 Å². The van der Waals surface area contributed by atoms with Crippen molar-refractivity contribution in [2.75, 3.05) is 5.75 Å². The molecule has 0 saturated heterocycles. The van der Waals surface area contributed by atoms with Gasteiger partial charge in [0, 0.05) is 0 Å². The first-order valence-corrected chi connectivity index (χ1v) is 6.80. The number of aromatic carboxylic acids is 1. The van der Waals surface area contributed by atoms with Crippen molar-refractivity contribution in [1.82, 2.24) is 0 Å². The largest absolute Gasteiger partial charge is 0.478 e. The van der Waals surface area contributed by atoms with Crippen LogP contribution in [-0.4, -0.2) is 25.2 Å². The number of carbonyl (C=O) groups is 1. The van der Waals surface area contributed by atoms with Crippen molar-refractivity contribution in [3.8, 4) is 0 Å². The molecule has 1 aromatic rings. The van der Waals surface area contributed by atoms with Crippen LogP contribution in [-0.2, 0) is 15.6 Å². The fourth-order valence-corrected chi connectivity index (χ4v) is 2.97. The quantitative estimate of drug-likeness (QED) is 0.853. The number of benzene rings is 1. The van der Waals surface area contributed by atoms with Crippen LogP contribution in [0.25, 0.3) is 0 Å². The van der Waals surface area contributed by atoms with Crippen molar-refractivity contribution in [2.45, 2.75) is 19.1 Å². The van der Waals surface area contributed by atoms with Crippen molar-refractivity contribution in [3.63, 3.8) is 0 Å². The summed E-state index contributed by atoms with van der Waals surface area (Å²) in [5.41, 5.74) is 0.408. The Balaban J connectivity index is 3.02. The van der Waals surface area contributed by atoms with Gasteiger partial charge in [0.05, 0.1) is 17.1 Å². The Morgan fingerprint density at radius 3 is 2.50 bits per heavy atom. The minimum Gasteiger partial charge on any atom is -0.478 e. The Labute approximate surface area is 94.8 Å². The van der Waals surface area contributed by atoms with E-state index >= 15 is 0 Å². The van der Waals surface area contributed by atoms with Gasteiger partial charge in [0.15, 0.2) is 9.84 Å². The van der Waals surface area contributed by atoms with Crippen LogP contribution < -0.4 is 0 Å². The lowest BCUT2D eigenvalue weighted by Gasteiger charge is -2.06. The molecule has 0 unspecified atom stereocenters. The number of hydrogen-bond acceptors (Lipinski definition) is 3. The molecule has 0 saturated carbocycles. The lowest BCUT2D eigenvalue weighted by atomic mass is 10.1. The molecule has 1 aromatic carbocycles. The van der Waals surface area contributed by atoms with Gasteiger partial charge >= 0.3 is 5.97 Å². The molecule has 0 fully saturated rings.